The normalized spacial score (nSPS) is 11.3. The molecule has 0 fully saturated rings. The summed E-state index contributed by atoms with van der Waals surface area (Å²) in [5.41, 5.74) is 2.05. The van der Waals surface area contributed by atoms with E-state index in [9.17, 15) is 0 Å². The lowest BCUT2D eigenvalue weighted by Gasteiger charge is -2.13. The molecule has 6 heteroatoms. The number of hydrogen-bond donors (Lipinski definition) is 1. The number of aryl methyl sites for hydroxylation is 1. The molecule has 0 radical (unpaired) electrons. The fraction of sp³-hybridized carbons (Fsp3) is 0.267. The van der Waals surface area contributed by atoms with E-state index in [0.29, 0.717) is 11.1 Å². The number of aromatic nitrogens is 4. The minimum atomic E-state index is 0.367. The van der Waals surface area contributed by atoms with Crippen molar-refractivity contribution < 1.29 is 0 Å². The lowest BCUT2D eigenvalue weighted by molar-refractivity contribution is 0.768. The Morgan fingerprint density at radius 1 is 1.14 bits per heavy atom. The highest BCUT2D eigenvalue weighted by Gasteiger charge is 2.12. The van der Waals surface area contributed by atoms with Gasteiger partial charge in [0.05, 0.1) is 11.9 Å². The van der Waals surface area contributed by atoms with Crippen LogP contribution < -0.4 is 5.32 Å². The number of pyridine rings is 2. The summed E-state index contributed by atoms with van der Waals surface area (Å²) in [7, 11) is 1.87. The highest BCUT2D eigenvalue weighted by Crippen LogP contribution is 2.31. The highest BCUT2D eigenvalue weighted by atomic mass is 35.5. The first-order chi connectivity index (χ1) is 10.0. The monoisotopic (exact) mass is 301 g/mol. The second-order valence-corrected chi connectivity index (χ2v) is 5.68. The standard InChI is InChI=1S/C15H16ClN5/c1-9(2)12-6-18-15(20-10-5-19-21(3)8-10)13-7-17-14(16)4-11(12)13/h4-9H,1-3H3,(H,18,20). The predicted octanol–water partition coefficient (Wildman–Crippen LogP) is 3.88. The molecule has 0 bridgehead atoms. The van der Waals surface area contributed by atoms with E-state index >= 15 is 0 Å². The van der Waals surface area contributed by atoms with Crippen LogP contribution >= 0.6 is 11.6 Å². The van der Waals surface area contributed by atoms with Gasteiger partial charge in [-0.2, -0.15) is 5.10 Å². The Morgan fingerprint density at radius 2 is 1.95 bits per heavy atom. The predicted molar refractivity (Wildman–Crippen MR) is 85.1 cm³/mol. The van der Waals surface area contributed by atoms with E-state index in [4.69, 9.17) is 11.6 Å². The zero-order valence-electron chi connectivity index (χ0n) is 12.1. The molecule has 0 aromatic carbocycles. The molecule has 3 aromatic rings. The molecule has 0 aliphatic carbocycles. The zero-order chi connectivity index (χ0) is 15.0. The molecule has 1 N–H and O–H groups in total. The quantitative estimate of drug-likeness (QED) is 0.746. The van der Waals surface area contributed by atoms with Gasteiger partial charge in [-0.3, -0.25) is 4.68 Å². The Labute approximate surface area is 128 Å². The van der Waals surface area contributed by atoms with Crippen molar-refractivity contribution in [3.63, 3.8) is 0 Å². The van der Waals surface area contributed by atoms with E-state index in [1.165, 1.54) is 0 Å². The van der Waals surface area contributed by atoms with Crippen molar-refractivity contribution >= 4 is 33.9 Å². The number of halogens is 1. The molecule has 0 atom stereocenters. The van der Waals surface area contributed by atoms with Gasteiger partial charge in [-0.1, -0.05) is 25.4 Å². The molecule has 3 heterocycles. The van der Waals surface area contributed by atoms with Crippen molar-refractivity contribution in [1.82, 2.24) is 19.7 Å². The Kier molecular flexibility index (Phi) is 3.51. The minimum Gasteiger partial charge on any atom is -0.337 e. The first-order valence-electron chi connectivity index (χ1n) is 6.74. The van der Waals surface area contributed by atoms with Gasteiger partial charge < -0.3 is 5.32 Å². The van der Waals surface area contributed by atoms with Gasteiger partial charge in [0.1, 0.15) is 11.0 Å². The first kappa shape index (κ1) is 13.8. The summed E-state index contributed by atoms with van der Waals surface area (Å²) in [4.78, 5) is 8.71. The molecule has 108 valence electrons. The second-order valence-electron chi connectivity index (χ2n) is 5.30. The Bertz CT molecular complexity index is 794. The highest BCUT2D eigenvalue weighted by molar-refractivity contribution is 6.30. The van der Waals surface area contributed by atoms with Crippen molar-refractivity contribution in [3.8, 4) is 0 Å². The second kappa shape index (κ2) is 5.33. The van der Waals surface area contributed by atoms with Crippen LogP contribution in [-0.4, -0.2) is 19.7 Å². The average molecular weight is 302 g/mol. The molecular formula is C15H16ClN5. The molecule has 0 aliphatic heterocycles. The first-order valence-corrected chi connectivity index (χ1v) is 7.12. The molecule has 3 aromatic heterocycles. The number of hydrogen-bond acceptors (Lipinski definition) is 4. The third-order valence-corrected chi connectivity index (χ3v) is 3.57. The van der Waals surface area contributed by atoms with E-state index in [-0.39, 0.29) is 0 Å². The van der Waals surface area contributed by atoms with E-state index in [1.807, 2.05) is 25.5 Å². The fourth-order valence-corrected chi connectivity index (χ4v) is 2.47. The van der Waals surface area contributed by atoms with Crippen molar-refractivity contribution in [1.29, 1.82) is 0 Å². The van der Waals surface area contributed by atoms with E-state index < -0.39 is 0 Å². The Hall–Kier alpha value is -2.14. The van der Waals surface area contributed by atoms with Crippen molar-refractivity contribution in [2.24, 2.45) is 7.05 Å². The van der Waals surface area contributed by atoms with E-state index in [0.717, 1.165) is 27.8 Å². The van der Waals surface area contributed by atoms with E-state index in [1.54, 1.807) is 17.1 Å². The van der Waals surface area contributed by atoms with Gasteiger partial charge in [-0.15, -0.1) is 0 Å². The molecule has 5 nitrogen and oxygen atoms in total. The van der Waals surface area contributed by atoms with Crippen molar-refractivity contribution in [2.75, 3.05) is 5.32 Å². The van der Waals surface area contributed by atoms with Gasteiger partial charge in [0.25, 0.3) is 0 Å². The molecule has 21 heavy (non-hydrogen) atoms. The van der Waals surface area contributed by atoms with Gasteiger partial charge in [0.2, 0.25) is 0 Å². The molecule has 0 unspecified atom stereocenters. The third-order valence-electron chi connectivity index (χ3n) is 3.36. The third kappa shape index (κ3) is 2.69. The van der Waals surface area contributed by atoms with E-state index in [2.05, 4.69) is 34.2 Å². The number of anilines is 2. The van der Waals surface area contributed by atoms with Gasteiger partial charge in [0, 0.05) is 31.0 Å². The largest absolute Gasteiger partial charge is 0.337 e. The maximum Gasteiger partial charge on any atom is 0.139 e. The maximum atomic E-state index is 6.05. The summed E-state index contributed by atoms with van der Waals surface area (Å²) < 4.78 is 1.74. The number of nitrogens with one attached hydrogen (secondary N) is 1. The number of nitrogens with zero attached hydrogens (tertiary/aromatic N) is 4. The average Bonchev–Trinajstić information content (AvgIpc) is 2.83. The lowest BCUT2D eigenvalue weighted by atomic mass is 9.99. The Balaban J connectivity index is 2.13. The van der Waals surface area contributed by atoms with Crippen LogP contribution in [0.4, 0.5) is 11.5 Å². The number of rotatable bonds is 3. The molecule has 0 saturated carbocycles. The number of fused-ring (bicyclic) bond motifs is 1. The summed E-state index contributed by atoms with van der Waals surface area (Å²) >= 11 is 6.05. The fourth-order valence-electron chi connectivity index (χ4n) is 2.31. The topological polar surface area (TPSA) is 55.6 Å². The van der Waals surface area contributed by atoms with Gasteiger partial charge in [-0.05, 0) is 22.9 Å². The van der Waals surface area contributed by atoms with Gasteiger partial charge in [-0.25, -0.2) is 9.97 Å². The zero-order valence-corrected chi connectivity index (χ0v) is 12.9. The molecule has 3 rings (SSSR count). The summed E-state index contributed by atoms with van der Waals surface area (Å²) in [5, 5.41) is 9.94. The van der Waals surface area contributed by atoms with Crippen LogP contribution in [0.1, 0.15) is 25.3 Å². The summed E-state index contributed by atoms with van der Waals surface area (Å²) in [5.74, 6) is 1.12. The maximum absolute atomic E-state index is 6.05. The van der Waals surface area contributed by atoms with Crippen LogP contribution in [0.15, 0.2) is 30.9 Å². The minimum absolute atomic E-state index is 0.367. The van der Waals surface area contributed by atoms with Crippen LogP contribution in [0.5, 0.6) is 0 Å². The molecular weight excluding hydrogens is 286 g/mol. The van der Waals surface area contributed by atoms with Crippen molar-refractivity contribution in [3.05, 3.63) is 41.6 Å². The summed E-state index contributed by atoms with van der Waals surface area (Å²) in [6.45, 7) is 4.28. The molecule has 0 amide bonds. The summed E-state index contributed by atoms with van der Waals surface area (Å²) in [6, 6.07) is 1.89. The van der Waals surface area contributed by atoms with Gasteiger partial charge in [0.15, 0.2) is 0 Å². The van der Waals surface area contributed by atoms with Crippen LogP contribution in [-0.2, 0) is 7.05 Å². The van der Waals surface area contributed by atoms with Crippen molar-refractivity contribution in [2.45, 2.75) is 19.8 Å². The SMILES string of the molecule is CC(C)c1cnc(Nc2cnn(C)c2)c2cnc(Cl)cc12. The van der Waals surface area contributed by atoms with Crippen LogP contribution in [0.25, 0.3) is 10.8 Å². The van der Waals surface area contributed by atoms with Gasteiger partial charge >= 0.3 is 0 Å². The lowest BCUT2D eigenvalue weighted by Crippen LogP contribution is -1.99. The molecule has 0 aliphatic rings. The smallest absolute Gasteiger partial charge is 0.139 e. The molecule has 0 saturated heterocycles. The van der Waals surface area contributed by atoms with Crippen LogP contribution in [0, 0.1) is 0 Å². The van der Waals surface area contributed by atoms with Crippen LogP contribution in [0.3, 0.4) is 0 Å². The Morgan fingerprint density at radius 3 is 2.62 bits per heavy atom. The van der Waals surface area contributed by atoms with Crippen LogP contribution in [0.2, 0.25) is 5.15 Å². The molecule has 0 spiro atoms. The summed E-state index contributed by atoms with van der Waals surface area (Å²) in [6.07, 6.45) is 7.30.